The van der Waals surface area contributed by atoms with Crippen LogP contribution in [0.5, 0.6) is 0 Å². The van der Waals surface area contributed by atoms with Crippen LogP contribution in [0, 0.1) is 22.7 Å². The summed E-state index contributed by atoms with van der Waals surface area (Å²) in [7, 11) is 0. The monoisotopic (exact) mass is 925 g/mol. The van der Waals surface area contributed by atoms with Crippen LogP contribution in [0.15, 0.2) is 60.8 Å². The first-order chi connectivity index (χ1) is 32.6. The Bertz CT molecular complexity index is 2600. The van der Waals surface area contributed by atoms with Gasteiger partial charge in [-0.05, 0) is 123 Å². The van der Waals surface area contributed by atoms with Crippen LogP contribution in [0.1, 0.15) is 110 Å². The van der Waals surface area contributed by atoms with Gasteiger partial charge in [0.2, 0.25) is 11.8 Å². The highest BCUT2D eigenvalue weighted by Gasteiger charge is 2.55. The molecule has 1 saturated carbocycles. The molecule has 10 rings (SSSR count). The van der Waals surface area contributed by atoms with Crippen LogP contribution in [0.4, 0.5) is 0 Å². The number of cyclic esters (lactones) is 1. The highest BCUT2D eigenvalue weighted by atomic mass is 16.5. The van der Waals surface area contributed by atoms with E-state index in [9.17, 15) is 19.2 Å². The van der Waals surface area contributed by atoms with E-state index >= 15 is 0 Å². The first-order valence-electron chi connectivity index (χ1n) is 25.7. The molecule has 4 saturated heterocycles. The minimum atomic E-state index is -0.898. The van der Waals surface area contributed by atoms with Crippen molar-refractivity contribution in [1.29, 1.82) is 0 Å². The Hall–Kier alpha value is -5.11. The van der Waals surface area contributed by atoms with Gasteiger partial charge in [0.1, 0.15) is 18.1 Å². The lowest BCUT2D eigenvalue weighted by atomic mass is 9.83. The molecule has 0 radical (unpaired) electrons. The molecule has 13 heteroatoms. The van der Waals surface area contributed by atoms with E-state index in [2.05, 4.69) is 115 Å². The maximum absolute atomic E-state index is 14.9. The molecule has 68 heavy (non-hydrogen) atoms. The molecule has 6 bridgehead atoms. The number of fused-ring (bicyclic) bond motifs is 6. The third-order valence-corrected chi connectivity index (χ3v) is 16.0. The van der Waals surface area contributed by atoms with E-state index in [-0.39, 0.29) is 60.0 Å². The van der Waals surface area contributed by atoms with Gasteiger partial charge in [-0.2, -0.15) is 0 Å². The van der Waals surface area contributed by atoms with Gasteiger partial charge in [-0.1, -0.05) is 71.9 Å². The SMILES string of the molecule is CCn1c(-c2cccnc2C(C)C)c2c3cc(ccc31)-c1cccc(c1)C[C@H](NC(=O)[C@H](C(C)C)N1CC[C@]3(CCN(C(=O)[C@@H]4N[C@@H]4C4CC4)C3)C1)C(=O)N1CCC[C@H](N1)C(=O)OCC(C)(C)C2. The third kappa shape index (κ3) is 9.10. The van der Waals surface area contributed by atoms with Crippen LogP contribution in [0.2, 0.25) is 0 Å². The Morgan fingerprint density at radius 1 is 0.941 bits per heavy atom. The number of carbonyl (C=O) groups excluding carboxylic acids is 4. The van der Waals surface area contributed by atoms with Crippen molar-refractivity contribution < 1.29 is 23.9 Å². The van der Waals surface area contributed by atoms with E-state index in [4.69, 9.17) is 9.72 Å². The van der Waals surface area contributed by atoms with Crippen molar-refractivity contribution in [1.82, 2.24) is 40.4 Å². The van der Waals surface area contributed by atoms with Crippen LogP contribution in [0.3, 0.4) is 0 Å². The molecule has 362 valence electrons. The fourth-order valence-electron chi connectivity index (χ4n) is 12.3. The Labute approximate surface area is 402 Å². The fraction of sp³-hybridized carbons (Fsp3) is 0.582. The second-order valence-electron chi connectivity index (χ2n) is 22.5. The largest absolute Gasteiger partial charge is 0.464 e. The van der Waals surface area contributed by atoms with Gasteiger partial charge in [0.25, 0.3) is 5.91 Å². The van der Waals surface area contributed by atoms with Crippen LogP contribution in [-0.2, 0) is 43.3 Å². The Morgan fingerprint density at radius 3 is 2.50 bits per heavy atom. The quantitative estimate of drug-likeness (QED) is 0.121. The molecule has 6 atom stereocenters. The second kappa shape index (κ2) is 18.3. The van der Waals surface area contributed by atoms with Crippen molar-refractivity contribution in [2.75, 3.05) is 39.3 Å². The smallest absolute Gasteiger partial charge is 0.324 e. The lowest BCUT2D eigenvalue weighted by Crippen LogP contribution is -2.62. The normalized spacial score (nSPS) is 27.0. The zero-order valence-electron chi connectivity index (χ0n) is 41.3. The van der Waals surface area contributed by atoms with Crippen LogP contribution in [-0.4, -0.2) is 118 Å². The lowest BCUT2D eigenvalue weighted by Gasteiger charge is -2.37. The first kappa shape index (κ1) is 46.6. The maximum Gasteiger partial charge on any atom is 0.324 e. The number of amides is 3. The number of esters is 1. The van der Waals surface area contributed by atoms with Crippen molar-refractivity contribution in [2.24, 2.45) is 22.7 Å². The van der Waals surface area contributed by atoms with E-state index in [1.807, 2.05) is 24.4 Å². The molecule has 3 N–H and O–H groups in total. The molecule has 2 aromatic carbocycles. The van der Waals surface area contributed by atoms with E-state index < -0.39 is 23.5 Å². The maximum atomic E-state index is 14.9. The van der Waals surface area contributed by atoms with Crippen LogP contribution < -0.4 is 16.1 Å². The van der Waals surface area contributed by atoms with Gasteiger partial charge in [0.15, 0.2) is 0 Å². The highest BCUT2D eigenvalue weighted by molar-refractivity contribution is 5.96. The van der Waals surface area contributed by atoms with E-state index in [0.717, 1.165) is 90.1 Å². The summed E-state index contributed by atoms with van der Waals surface area (Å²) >= 11 is 0. The summed E-state index contributed by atoms with van der Waals surface area (Å²) < 4.78 is 8.59. The number of hydrogen-bond donors (Lipinski definition) is 3. The van der Waals surface area contributed by atoms with Gasteiger partial charge in [0.05, 0.1) is 24.0 Å². The number of rotatable bonds is 9. The van der Waals surface area contributed by atoms with E-state index in [1.54, 1.807) is 5.01 Å². The Morgan fingerprint density at radius 2 is 1.74 bits per heavy atom. The molecule has 4 aromatic rings. The lowest BCUT2D eigenvalue weighted by molar-refractivity contribution is -0.155. The summed E-state index contributed by atoms with van der Waals surface area (Å²) in [5.41, 5.74) is 11.4. The highest BCUT2D eigenvalue weighted by Crippen LogP contribution is 2.45. The van der Waals surface area contributed by atoms with E-state index in [0.29, 0.717) is 37.8 Å². The number of aryl methyl sites for hydroxylation is 1. The zero-order chi connectivity index (χ0) is 47.6. The minimum absolute atomic E-state index is 0.0218. The van der Waals surface area contributed by atoms with Crippen LogP contribution >= 0.6 is 0 Å². The average Bonchev–Trinajstić information content (AvgIpc) is 4.23. The number of nitrogens with one attached hydrogen (secondary N) is 3. The topological polar surface area (TPSA) is 151 Å². The predicted octanol–water partition coefficient (Wildman–Crippen LogP) is 6.86. The molecule has 1 aliphatic carbocycles. The van der Waals surface area contributed by atoms with E-state index in [1.165, 1.54) is 18.4 Å². The summed E-state index contributed by atoms with van der Waals surface area (Å²) in [6, 6.07) is 17.5. The molecule has 3 amide bonds. The summed E-state index contributed by atoms with van der Waals surface area (Å²) in [5.74, 6) is 0.262. The van der Waals surface area contributed by atoms with Crippen molar-refractivity contribution >= 4 is 34.6 Å². The number of nitrogens with zero attached hydrogens (tertiary/aromatic N) is 5. The van der Waals surface area contributed by atoms with Crippen molar-refractivity contribution in [3.63, 3.8) is 0 Å². The summed E-state index contributed by atoms with van der Waals surface area (Å²) in [6.07, 6.45) is 8.26. The van der Waals surface area contributed by atoms with Gasteiger partial charge < -0.3 is 19.5 Å². The standard InChI is InChI=1S/C55H72N8O5/c1-8-62-44-19-18-38-28-40(44)41(49(62)39-14-10-22-56-45(39)33(2)3)29-54(6,7)32-68-53(67)42-15-11-23-63(59-42)51(65)43(27-35-12-9-13-37(38)26-35)57-50(64)48(34(4)5)60-24-20-55(30-60)21-25-61(31-55)52(66)47-46(58-47)36-16-17-36/h9-10,12-14,18-19,22,26,28,33-34,36,42-43,46-48,58-59H,8,11,15-17,20-21,23-25,27,29-32H2,1-7H3,(H,57,64)/t42-,43-,46+,47+,48-,55-/m0/s1. The Kier molecular flexibility index (Phi) is 12.6. The molecule has 6 aliphatic rings. The molecule has 0 unspecified atom stereocenters. The predicted molar refractivity (Wildman–Crippen MR) is 264 cm³/mol. The second-order valence-corrected chi connectivity index (χ2v) is 22.5. The molecule has 13 nitrogen and oxygen atoms in total. The number of ether oxygens (including phenoxy) is 1. The summed E-state index contributed by atoms with van der Waals surface area (Å²) in [4.78, 5) is 66.4. The number of pyridine rings is 1. The molecule has 5 fully saturated rings. The molecular formula is C55H72N8O5. The molecule has 1 spiro atoms. The van der Waals surface area contributed by atoms with Crippen molar-refractivity contribution in [3.05, 3.63) is 77.6 Å². The number of hydrazine groups is 1. The summed E-state index contributed by atoms with van der Waals surface area (Å²) in [6.45, 7) is 19.4. The van der Waals surface area contributed by atoms with Gasteiger partial charge in [-0.3, -0.25) is 39.4 Å². The molecule has 7 heterocycles. The first-order valence-corrected chi connectivity index (χ1v) is 25.7. The number of carbonyl (C=O) groups is 4. The van der Waals surface area contributed by atoms with Crippen molar-refractivity contribution in [2.45, 2.75) is 143 Å². The van der Waals surface area contributed by atoms with Crippen molar-refractivity contribution in [3.8, 4) is 22.4 Å². The number of hydrogen-bond acceptors (Lipinski definition) is 9. The molecule has 2 aromatic heterocycles. The Balaban J connectivity index is 0.966. The third-order valence-electron chi connectivity index (χ3n) is 16.0. The van der Waals surface area contributed by atoms with Gasteiger partial charge >= 0.3 is 5.97 Å². The molecular weight excluding hydrogens is 853 g/mol. The van der Waals surface area contributed by atoms with Gasteiger partial charge in [-0.15, -0.1) is 0 Å². The number of aromatic nitrogens is 2. The number of likely N-dealkylation sites (tertiary alicyclic amines) is 2. The zero-order valence-corrected chi connectivity index (χ0v) is 41.3. The summed E-state index contributed by atoms with van der Waals surface area (Å²) in [5, 5.41) is 9.43. The number of benzene rings is 2. The van der Waals surface area contributed by atoms with Gasteiger partial charge in [0, 0.05) is 78.7 Å². The average molecular weight is 925 g/mol. The molecule has 5 aliphatic heterocycles. The van der Waals surface area contributed by atoms with Crippen LogP contribution in [0.25, 0.3) is 33.3 Å². The fourth-order valence-corrected chi connectivity index (χ4v) is 12.3. The van der Waals surface area contributed by atoms with Gasteiger partial charge in [-0.25, -0.2) is 5.43 Å². The minimum Gasteiger partial charge on any atom is -0.464 e.